The highest BCUT2D eigenvalue weighted by atomic mass is 127. The average molecular weight is 353 g/mol. The summed E-state index contributed by atoms with van der Waals surface area (Å²) in [5.74, 6) is -0.0795. The van der Waals surface area contributed by atoms with Gasteiger partial charge in [0.15, 0.2) is 0 Å². The van der Waals surface area contributed by atoms with Gasteiger partial charge in [-0.05, 0) is 28.7 Å². The highest BCUT2D eigenvalue weighted by molar-refractivity contribution is 14.1. The maximum Gasteiger partial charge on any atom is 0.269 e. The number of aliphatic hydroxyl groups excluding tert-OH is 2. The molecular weight excluding hydrogens is 341 g/mol. The van der Waals surface area contributed by atoms with E-state index in [1.54, 1.807) is 22.6 Å². The van der Waals surface area contributed by atoms with Gasteiger partial charge in [0.25, 0.3) is 5.56 Å². The predicted molar refractivity (Wildman–Crippen MR) is 66.7 cm³/mol. The van der Waals surface area contributed by atoms with Crippen LogP contribution in [0.15, 0.2) is 17.1 Å². The Morgan fingerprint density at radius 1 is 1.59 bits per heavy atom. The molecule has 1 saturated heterocycles. The second kappa shape index (κ2) is 4.92. The van der Waals surface area contributed by atoms with Crippen molar-refractivity contribution in [3.05, 3.63) is 26.2 Å². The van der Waals surface area contributed by atoms with Crippen LogP contribution in [0.4, 0.5) is 0 Å². The van der Waals surface area contributed by atoms with Gasteiger partial charge < -0.3 is 20.1 Å². The molecule has 1 fully saturated rings. The second-order valence-electron chi connectivity index (χ2n) is 3.84. The molecule has 0 bridgehead atoms. The van der Waals surface area contributed by atoms with Crippen molar-refractivity contribution in [1.82, 2.24) is 4.57 Å². The van der Waals surface area contributed by atoms with Gasteiger partial charge in [0, 0.05) is 12.6 Å². The van der Waals surface area contributed by atoms with Crippen LogP contribution in [0.25, 0.3) is 0 Å². The Hall–Kier alpha value is -0.640. The van der Waals surface area contributed by atoms with Gasteiger partial charge in [0.1, 0.15) is 21.7 Å². The average Bonchev–Trinajstić information content (AvgIpc) is 2.67. The minimum atomic E-state index is -0.789. The summed E-state index contributed by atoms with van der Waals surface area (Å²) in [7, 11) is 0. The van der Waals surface area contributed by atoms with Gasteiger partial charge in [0.05, 0.1) is 12.7 Å². The fourth-order valence-corrected chi connectivity index (χ4v) is 2.25. The molecule has 0 aromatic carbocycles. The molecule has 0 unspecified atom stereocenters. The van der Waals surface area contributed by atoms with Gasteiger partial charge in [-0.15, -0.1) is 0 Å². The first kappa shape index (κ1) is 12.8. The van der Waals surface area contributed by atoms with Crippen LogP contribution in [0.3, 0.4) is 0 Å². The number of aliphatic hydroxyl groups is 2. The molecule has 7 heteroatoms. The van der Waals surface area contributed by atoms with Gasteiger partial charge in [-0.25, -0.2) is 0 Å². The number of halogens is 1. The number of rotatable bonds is 2. The van der Waals surface area contributed by atoms with Gasteiger partial charge in [-0.3, -0.25) is 9.36 Å². The summed E-state index contributed by atoms with van der Waals surface area (Å²) >= 11 is 1.75. The smallest absolute Gasteiger partial charge is 0.269 e. The molecule has 94 valence electrons. The van der Waals surface area contributed by atoms with Crippen LogP contribution in [0.1, 0.15) is 12.6 Å². The van der Waals surface area contributed by atoms with Crippen LogP contribution in [-0.2, 0) is 4.74 Å². The van der Waals surface area contributed by atoms with Gasteiger partial charge in [0.2, 0.25) is 0 Å². The third kappa shape index (κ3) is 2.32. The quantitative estimate of drug-likeness (QED) is 0.641. The van der Waals surface area contributed by atoms with Crippen molar-refractivity contribution >= 4 is 22.6 Å². The van der Waals surface area contributed by atoms with Gasteiger partial charge >= 0.3 is 0 Å². The molecule has 0 spiro atoms. The molecular formula is C10H12INO5. The van der Waals surface area contributed by atoms with E-state index in [9.17, 15) is 15.0 Å². The van der Waals surface area contributed by atoms with Gasteiger partial charge in [-0.1, -0.05) is 0 Å². The van der Waals surface area contributed by atoms with Crippen molar-refractivity contribution in [3.8, 4) is 5.75 Å². The lowest BCUT2D eigenvalue weighted by Gasteiger charge is -2.15. The van der Waals surface area contributed by atoms with E-state index in [0.29, 0.717) is 0 Å². The Labute approximate surface area is 111 Å². The normalized spacial score (nSPS) is 28.5. The second-order valence-corrected chi connectivity index (χ2v) is 4.92. The van der Waals surface area contributed by atoms with E-state index in [1.165, 1.54) is 16.8 Å². The molecule has 3 atom stereocenters. The summed E-state index contributed by atoms with van der Waals surface area (Å²) in [6.07, 6.45) is -0.409. The summed E-state index contributed by atoms with van der Waals surface area (Å²) < 4.78 is 6.87. The monoisotopic (exact) mass is 353 g/mol. The Kier molecular flexibility index (Phi) is 3.71. The molecule has 2 rings (SSSR count). The zero-order valence-electron chi connectivity index (χ0n) is 8.78. The molecule has 0 saturated carbocycles. The first-order valence-electron chi connectivity index (χ1n) is 5.08. The number of hydrogen-bond donors (Lipinski definition) is 3. The largest absolute Gasteiger partial charge is 0.507 e. The zero-order chi connectivity index (χ0) is 12.6. The van der Waals surface area contributed by atoms with Crippen LogP contribution in [0.5, 0.6) is 5.75 Å². The summed E-state index contributed by atoms with van der Waals surface area (Å²) in [5.41, 5.74) is -0.374. The van der Waals surface area contributed by atoms with E-state index in [0.717, 1.165) is 0 Å². The lowest BCUT2D eigenvalue weighted by Crippen LogP contribution is -2.27. The first-order chi connectivity index (χ1) is 8.04. The highest BCUT2D eigenvalue weighted by Gasteiger charge is 2.35. The standard InChI is InChI=1S/C10H12INO5/c11-9-5(14)1-2-12(10(9)16)8-3-6(15)7(4-13)17-8/h1-2,6-8,13-15H,3-4H2/t6-,7+,8+/m0/s1. The maximum atomic E-state index is 11.8. The lowest BCUT2D eigenvalue weighted by molar-refractivity contribution is -0.0455. The van der Waals surface area contributed by atoms with Crippen LogP contribution < -0.4 is 5.56 Å². The Morgan fingerprint density at radius 2 is 2.29 bits per heavy atom. The number of nitrogens with zero attached hydrogens (tertiary/aromatic N) is 1. The molecule has 1 aromatic rings. The van der Waals surface area contributed by atoms with Crippen molar-refractivity contribution in [1.29, 1.82) is 0 Å². The summed E-state index contributed by atoms with van der Waals surface area (Å²) in [5, 5.41) is 27.9. The molecule has 2 heterocycles. The van der Waals surface area contributed by atoms with Gasteiger partial charge in [-0.2, -0.15) is 0 Å². The molecule has 17 heavy (non-hydrogen) atoms. The van der Waals surface area contributed by atoms with Crippen molar-refractivity contribution in [2.45, 2.75) is 24.9 Å². The summed E-state index contributed by atoms with van der Waals surface area (Å²) in [6.45, 7) is -0.290. The summed E-state index contributed by atoms with van der Waals surface area (Å²) in [4.78, 5) is 11.8. The van der Waals surface area contributed by atoms with Crippen LogP contribution in [-0.4, -0.2) is 38.7 Å². The van der Waals surface area contributed by atoms with Crippen LogP contribution in [0, 0.1) is 3.57 Å². The molecule has 1 aliphatic rings. The van der Waals surface area contributed by atoms with E-state index in [-0.39, 0.29) is 27.9 Å². The van der Waals surface area contributed by atoms with E-state index in [1.807, 2.05) is 0 Å². The molecule has 0 radical (unpaired) electrons. The first-order valence-corrected chi connectivity index (χ1v) is 6.16. The molecule has 6 nitrogen and oxygen atoms in total. The number of pyridine rings is 1. The minimum absolute atomic E-state index is 0.0795. The number of aromatic hydroxyl groups is 1. The molecule has 0 amide bonds. The topological polar surface area (TPSA) is 91.9 Å². The van der Waals surface area contributed by atoms with Crippen molar-refractivity contribution in [2.75, 3.05) is 6.61 Å². The lowest BCUT2D eigenvalue weighted by atomic mass is 10.2. The van der Waals surface area contributed by atoms with Crippen molar-refractivity contribution < 1.29 is 20.1 Å². The Bertz CT molecular complexity index is 474. The molecule has 0 aliphatic carbocycles. The fraction of sp³-hybridized carbons (Fsp3) is 0.500. The number of ether oxygens (including phenoxy) is 1. The van der Waals surface area contributed by atoms with E-state index < -0.39 is 18.4 Å². The zero-order valence-corrected chi connectivity index (χ0v) is 10.9. The SMILES string of the molecule is O=c1c(I)c(O)ccn1[C@H]1C[C@H](O)[C@@H](CO)O1. The highest BCUT2D eigenvalue weighted by Crippen LogP contribution is 2.28. The molecule has 1 aromatic heterocycles. The number of hydrogen-bond acceptors (Lipinski definition) is 5. The maximum absolute atomic E-state index is 11.8. The van der Waals surface area contributed by atoms with Crippen LogP contribution in [0.2, 0.25) is 0 Å². The van der Waals surface area contributed by atoms with Crippen LogP contribution >= 0.6 is 22.6 Å². The van der Waals surface area contributed by atoms with Crippen molar-refractivity contribution in [3.63, 3.8) is 0 Å². The fourth-order valence-electron chi connectivity index (χ4n) is 1.79. The van der Waals surface area contributed by atoms with E-state index >= 15 is 0 Å². The third-order valence-corrected chi connectivity index (χ3v) is 3.75. The molecule has 1 aliphatic heterocycles. The minimum Gasteiger partial charge on any atom is -0.507 e. The Morgan fingerprint density at radius 3 is 2.88 bits per heavy atom. The van der Waals surface area contributed by atoms with E-state index in [4.69, 9.17) is 9.84 Å². The van der Waals surface area contributed by atoms with Crippen molar-refractivity contribution in [2.24, 2.45) is 0 Å². The number of aromatic nitrogens is 1. The third-order valence-electron chi connectivity index (χ3n) is 2.73. The molecule has 3 N–H and O–H groups in total. The summed E-state index contributed by atoms with van der Waals surface area (Å²) in [6, 6.07) is 1.39. The van der Waals surface area contributed by atoms with E-state index in [2.05, 4.69) is 0 Å². The Balaban J connectivity index is 2.31. The predicted octanol–water partition coefficient (Wildman–Crippen LogP) is -0.201.